The Morgan fingerprint density at radius 1 is 0.421 bits per heavy atom. The Kier molecular flexibility index (Phi) is 5.64. The fourth-order valence-corrected chi connectivity index (χ4v) is 5.91. The Morgan fingerprint density at radius 2 is 0.816 bits per heavy atom. The lowest BCUT2D eigenvalue weighted by molar-refractivity contribution is 0.822. The lowest BCUT2D eigenvalue weighted by atomic mass is 9.81. The highest BCUT2D eigenvalue weighted by Gasteiger charge is 2.29. The van der Waals surface area contributed by atoms with Gasteiger partial charge in [-0.2, -0.15) is 0 Å². The van der Waals surface area contributed by atoms with Crippen molar-refractivity contribution in [1.29, 1.82) is 0 Å². The van der Waals surface area contributed by atoms with Crippen molar-refractivity contribution in [3.05, 3.63) is 156 Å². The van der Waals surface area contributed by atoms with E-state index in [4.69, 9.17) is 0 Å². The quantitative estimate of drug-likeness (QED) is 0.234. The van der Waals surface area contributed by atoms with Crippen molar-refractivity contribution < 1.29 is 0 Å². The van der Waals surface area contributed by atoms with Gasteiger partial charge in [0.05, 0.1) is 11.4 Å². The Hall–Kier alpha value is -4.82. The van der Waals surface area contributed by atoms with E-state index in [1.165, 1.54) is 61.0 Å². The average molecular weight is 489 g/mol. The van der Waals surface area contributed by atoms with Gasteiger partial charge in [0.2, 0.25) is 0 Å². The summed E-state index contributed by atoms with van der Waals surface area (Å²) in [6.45, 7) is 0. The van der Waals surface area contributed by atoms with Gasteiger partial charge in [-0.1, -0.05) is 127 Å². The minimum absolute atomic E-state index is 0.120. The van der Waals surface area contributed by atoms with E-state index in [-0.39, 0.29) is 5.92 Å². The zero-order chi connectivity index (χ0) is 25.3. The van der Waals surface area contributed by atoms with Gasteiger partial charge in [-0.25, -0.2) is 0 Å². The number of para-hydroxylation sites is 2. The largest absolute Gasteiger partial charge is 0.354 e. The first-order chi connectivity index (χ1) is 18.9. The smallest absolute Gasteiger partial charge is 0.0503 e. The van der Waals surface area contributed by atoms with Crippen LogP contribution in [0.3, 0.4) is 0 Å². The summed E-state index contributed by atoms with van der Waals surface area (Å²) in [6, 6.07) is 49.8. The molecule has 2 heterocycles. The first-order valence-corrected chi connectivity index (χ1v) is 13.2. The molecule has 38 heavy (non-hydrogen) atoms. The van der Waals surface area contributed by atoms with Crippen LogP contribution in [-0.4, -0.2) is 9.97 Å². The van der Waals surface area contributed by atoms with Crippen LogP contribution in [0.15, 0.2) is 140 Å². The molecule has 0 aliphatic carbocycles. The fourth-order valence-electron chi connectivity index (χ4n) is 5.91. The molecule has 2 aromatic heterocycles. The van der Waals surface area contributed by atoms with Gasteiger partial charge in [-0.3, -0.25) is 0 Å². The number of hydrogen-bond donors (Lipinski definition) is 2. The molecular formula is C36H28N2. The second kappa shape index (κ2) is 9.57. The number of aromatic nitrogens is 2. The second-order valence-electron chi connectivity index (χ2n) is 9.89. The molecule has 0 unspecified atom stereocenters. The van der Waals surface area contributed by atoms with Crippen LogP contribution in [0.2, 0.25) is 0 Å². The number of hydrogen-bond acceptors (Lipinski definition) is 0. The monoisotopic (exact) mass is 488 g/mol. The predicted octanol–water partition coefficient (Wildman–Crippen LogP) is 9.36. The molecule has 0 spiro atoms. The first kappa shape index (κ1) is 22.4. The van der Waals surface area contributed by atoms with Gasteiger partial charge < -0.3 is 9.97 Å². The Bertz CT molecular complexity index is 1710. The van der Waals surface area contributed by atoms with Crippen LogP contribution < -0.4 is 0 Å². The van der Waals surface area contributed by atoms with Crippen LogP contribution in [0.1, 0.15) is 22.6 Å². The van der Waals surface area contributed by atoms with E-state index in [2.05, 4.69) is 149 Å². The molecule has 2 N–H and O–H groups in total. The normalized spacial score (nSPS) is 11.5. The lowest BCUT2D eigenvalue weighted by Gasteiger charge is -2.21. The Balaban J connectivity index is 1.57. The van der Waals surface area contributed by atoms with Crippen LogP contribution in [-0.2, 0) is 6.42 Å². The van der Waals surface area contributed by atoms with Gasteiger partial charge in [0.1, 0.15) is 0 Å². The predicted molar refractivity (Wildman–Crippen MR) is 159 cm³/mol. The summed E-state index contributed by atoms with van der Waals surface area (Å²) < 4.78 is 0. The fraction of sp³-hybridized carbons (Fsp3) is 0.0556. The summed E-state index contributed by atoms with van der Waals surface area (Å²) in [4.78, 5) is 7.61. The molecule has 0 amide bonds. The third-order valence-corrected chi connectivity index (χ3v) is 7.60. The van der Waals surface area contributed by atoms with Gasteiger partial charge in [-0.05, 0) is 46.4 Å². The lowest BCUT2D eigenvalue weighted by Crippen LogP contribution is -2.07. The number of rotatable bonds is 6. The zero-order valence-corrected chi connectivity index (χ0v) is 21.1. The molecule has 0 bridgehead atoms. The van der Waals surface area contributed by atoms with E-state index in [0.717, 1.165) is 6.42 Å². The van der Waals surface area contributed by atoms with Crippen LogP contribution >= 0.6 is 0 Å². The molecule has 182 valence electrons. The van der Waals surface area contributed by atoms with Crippen molar-refractivity contribution >= 4 is 21.8 Å². The van der Waals surface area contributed by atoms with Crippen LogP contribution in [0.25, 0.3) is 44.3 Å². The maximum absolute atomic E-state index is 3.81. The molecule has 7 rings (SSSR count). The number of nitrogens with one attached hydrogen (secondary N) is 2. The molecule has 7 aromatic rings. The van der Waals surface area contributed by atoms with E-state index in [9.17, 15) is 0 Å². The van der Waals surface area contributed by atoms with E-state index in [1.807, 2.05) is 0 Å². The van der Waals surface area contributed by atoms with Crippen molar-refractivity contribution in [2.24, 2.45) is 0 Å². The summed E-state index contributed by atoms with van der Waals surface area (Å²) in [7, 11) is 0. The van der Waals surface area contributed by atoms with Crippen LogP contribution in [0, 0.1) is 0 Å². The molecule has 0 saturated heterocycles. The SMILES string of the molecule is c1ccc(CC(c2c(-c3ccccc3)[nH]c3ccccc23)c2c(-c3ccccc3)[nH]c3ccccc23)cc1. The molecule has 0 atom stereocenters. The van der Waals surface area contributed by atoms with Crippen LogP contribution in [0.5, 0.6) is 0 Å². The highest BCUT2D eigenvalue weighted by molar-refractivity contribution is 5.96. The third-order valence-electron chi connectivity index (χ3n) is 7.60. The van der Waals surface area contributed by atoms with Gasteiger partial charge >= 0.3 is 0 Å². The van der Waals surface area contributed by atoms with Crippen molar-refractivity contribution in [3.63, 3.8) is 0 Å². The molecule has 0 fully saturated rings. The maximum atomic E-state index is 3.81. The summed E-state index contributed by atoms with van der Waals surface area (Å²) in [6.07, 6.45) is 0.893. The summed E-state index contributed by atoms with van der Waals surface area (Å²) in [5.41, 5.74) is 11.1. The summed E-state index contributed by atoms with van der Waals surface area (Å²) in [5, 5.41) is 2.55. The van der Waals surface area contributed by atoms with E-state index >= 15 is 0 Å². The van der Waals surface area contributed by atoms with Gasteiger partial charge in [0.15, 0.2) is 0 Å². The maximum Gasteiger partial charge on any atom is 0.0503 e. The minimum atomic E-state index is 0.120. The van der Waals surface area contributed by atoms with Gasteiger partial charge in [0.25, 0.3) is 0 Å². The molecule has 0 aliphatic heterocycles. The van der Waals surface area contributed by atoms with Crippen molar-refractivity contribution in [2.45, 2.75) is 12.3 Å². The molecule has 2 nitrogen and oxygen atoms in total. The molecule has 2 heteroatoms. The standard InChI is InChI=1S/C36H28N2/c1-4-14-25(15-5-1)24-30(33-28-20-10-12-22-31(28)37-35(33)26-16-6-2-7-17-26)34-29-21-11-13-23-32(29)38-36(34)27-18-8-3-9-19-27/h1-23,30,37-38H,24H2. The van der Waals surface area contributed by atoms with Gasteiger partial charge in [-0.15, -0.1) is 0 Å². The number of benzene rings is 5. The van der Waals surface area contributed by atoms with Crippen molar-refractivity contribution in [2.75, 3.05) is 0 Å². The molecule has 0 saturated carbocycles. The van der Waals surface area contributed by atoms with E-state index in [1.54, 1.807) is 0 Å². The molecular weight excluding hydrogens is 460 g/mol. The Labute approximate surface area is 222 Å². The molecule has 5 aromatic carbocycles. The number of fused-ring (bicyclic) bond motifs is 2. The van der Waals surface area contributed by atoms with E-state index < -0.39 is 0 Å². The number of H-pyrrole nitrogens is 2. The van der Waals surface area contributed by atoms with E-state index in [0.29, 0.717) is 0 Å². The highest BCUT2D eigenvalue weighted by atomic mass is 14.7. The topological polar surface area (TPSA) is 31.6 Å². The summed E-state index contributed by atoms with van der Waals surface area (Å²) >= 11 is 0. The van der Waals surface area contributed by atoms with Crippen molar-refractivity contribution in [3.8, 4) is 22.5 Å². The molecule has 0 aliphatic rings. The number of aromatic amines is 2. The van der Waals surface area contributed by atoms with Crippen LogP contribution in [0.4, 0.5) is 0 Å². The molecule has 0 radical (unpaired) electrons. The van der Waals surface area contributed by atoms with Crippen molar-refractivity contribution in [1.82, 2.24) is 9.97 Å². The Morgan fingerprint density at radius 3 is 1.29 bits per heavy atom. The highest BCUT2D eigenvalue weighted by Crippen LogP contribution is 2.45. The average Bonchev–Trinajstić information content (AvgIpc) is 3.57. The second-order valence-corrected chi connectivity index (χ2v) is 9.89. The first-order valence-electron chi connectivity index (χ1n) is 13.2. The minimum Gasteiger partial charge on any atom is -0.354 e. The zero-order valence-electron chi connectivity index (χ0n) is 21.1. The summed E-state index contributed by atoms with van der Waals surface area (Å²) in [5.74, 6) is 0.120. The van der Waals surface area contributed by atoms with Gasteiger partial charge in [0, 0.05) is 27.7 Å². The third kappa shape index (κ3) is 3.91.